The molecular weight excluding hydrogens is 421 g/mol. The van der Waals surface area contributed by atoms with Gasteiger partial charge in [-0.05, 0) is 36.4 Å². The van der Waals surface area contributed by atoms with Gasteiger partial charge >= 0.3 is 6.18 Å². The van der Waals surface area contributed by atoms with Crippen molar-refractivity contribution in [3.63, 3.8) is 0 Å². The third-order valence-electron chi connectivity index (χ3n) is 4.72. The molecule has 0 aliphatic carbocycles. The molecule has 162 valence electrons. The van der Waals surface area contributed by atoms with Gasteiger partial charge in [-0.3, -0.25) is 9.69 Å². The maximum absolute atomic E-state index is 12.9. The molecule has 30 heavy (non-hydrogen) atoms. The Morgan fingerprint density at radius 2 is 1.70 bits per heavy atom. The summed E-state index contributed by atoms with van der Waals surface area (Å²) >= 11 is 0. The molecule has 1 saturated heterocycles. The second-order valence-electron chi connectivity index (χ2n) is 6.93. The highest BCUT2D eigenvalue weighted by Gasteiger charge is 2.31. The van der Waals surface area contributed by atoms with Crippen molar-refractivity contribution < 1.29 is 26.4 Å². The number of rotatable bonds is 5. The van der Waals surface area contributed by atoms with Gasteiger partial charge in [-0.1, -0.05) is 12.1 Å². The molecule has 0 saturated carbocycles. The van der Waals surface area contributed by atoms with Gasteiger partial charge in [-0.25, -0.2) is 13.6 Å². The topological polar surface area (TPSA) is 95.7 Å². The van der Waals surface area contributed by atoms with Crippen LogP contribution in [0.4, 0.5) is 24.5 Å². The van der Waals surface area contributed by atoms with Gasteiger partial charge in [-0.15, -0.1) is 0 Å². The van der Waals surface area contributed by atoms with Crippen LogP contribution >= 0.6 is 0 Å². The molecule has 3 N–H and O–H groups in total. The number of nitrogens with zero attached hydrogens (tertiary/aromatic N) is 2. The minimum absolute atomic E-state index is 0.0794. The van der Waals surface area contributed by atoms with E-state index in [1.165, 1.54) is 24.3 Å². The molecule has 1 amide bonds. The molecule has 11 heteroatoms. The zero-order valence-corrected chi connectivity index (χ0v) is 16.7. The Morgan fingerprint density at radius 3 is 2.33 bits per heavy atom. The van der Waals surface area contributed by atoms with Crippen LogP contribution in [0.5, 0.6) is 0 Å². The number of nitrogens with two attached hydrogens (primary N) is 1. The summed E-state index contributed by atoms with van der Waals surface area (Å²) in [6.45, 7) is 2.04. The summed E-state index contributed by atoms with van der Waals surface area (Å²) in [5.41, 5.74) is 0.117. The molecule has 1 aliphatic heterocycles. The first-order valence-corrected chi connectivity index (χ1v) is 10.6. The Balaban J connectivity index is 1.54. The van der Waals surface area contributed by atoms with E-state index in [0.717, 1.165) is 12.1 Å². The van der Waals surface area contributed by atoms with Gasteiger partial charge in [0, 0.05) is 37.6 Å². The fourth-order valence-corrected chi connectivity index (χ4v) is 3.76. The predicted molar refractivity (Wildman–Crippen MR) is 107 cm³/mol. The minimum Gasteiger partial charge on any atom is -0.369 e. The van der Waals surface area contributed by atoms with Crippen molar-refractivity contribution in [2.75, 3.05) is 42.9 Å². The molecule has 3 rings (SSSR count). The van der Waals surface area contributed by atoms with Crippen LogP contribution < -0.4 is 15.4 Å². The number of hydrogen-bond acceptors (Lipinski definition) is 5. The lowest BCUT2D eigenvalue weighted by atomic mass is 10.1. The lowest BCUT2D eigenvalue weighted by Gasteiger charge is -2.36. The Labute approximate surface area is 172 Å². The van der Waals surface area contributed by atoms with Crippen LogP contribution in [0.3, 0.4) is 0 Å². The molecule has 0 aromatic heterocycles. The number of nitrogens with one attached hydrogen (secondary N) is 1. The summed E-state index contributed by atoms with van der Waals surface area (Å²) in [7, 11) is -3.87. The molecule has 1 heterocycles. The van der Waals surface area contributed by atoms with E-state index >= 15 is 0 Å². The third-order valence-corrected chi connectivity index (χ3v) is 5.64. The van der Waals surface area contributed by atoms with Crippen molar-refractivity contribution in [2.24, 2.45) is 5.14 Å². The van der Waals surface area contributed by atoms with Gasteiger partial charge in [0.2, 0.25) is 15.9 Å². The molecule has 0 unspecified atom stereocenters. The predicted octanol–water partition coefficient (Wildman–Crippen LogP) is 2.11. The summed E-state index contributed by atoms with van der Waals surface area (Å²) in [6.07, 6.45) is -4.39. The van der Waals surface area contributed by atoms with Crippen molar-refractivity contribution in [2.45, 2.75) is 11.1 Å². The Bertz CT molecular complexity index is 1020. The van der Waals surface area contributed by atoms with Crippen molar-refractivity contribution in [3.8, 4) is 0 Å². The van der Waals surface area contributed by atoms with Gasteiger partial charge in [0.25, 0.3) is 0 Å². The highest BCUT2D eigenvalue weighted by atomic mass is 32.2. The van der Waals surface area contributed by atoms with Crippen LogP contribution in [0.25, 0.3) is 0 Å². The van der Waals surface area contributed by atoms with Crippen LogP contribution in [0.2, 0.25) is 0 Å². The number of benzene rings is 2. The average molecular weight is 442 g/mol. The molecular formula is C19H21F3N4O3S. The first-order valence-electron chi connectivity index (χ1n) is 9.10. The van der Waals surface area contributed by atoms with E-state index in [1.807, 2.05) is 9.80 Å². The summed E-state index contributed by atoms with van der Waals surface area (Å²) in [5.74, 6) is -0.325. The maximum Gasteiger partial charge on any atom is 0.416 e. The zero-order valence-electron chi connectivity index (χ0n) is 15.9. The van der Waals surface area contributed by atoms with E-state index in [2.05, 4.69) is 5.32 Å². The van der Waals surface area contributed by atoms with Crippen molar-refractivity contribution >= 4 is 27.3 Å². The molecule has 0 radical (unpaired) electrons. The molecule has 0 bridgehead atoms. The SMILES string of the molecule is NS(=O)(=O)c1cccc(NC(=O)CN2CCN(c3cccc(C(F)(F)F)c3)CC2)c1. The number of carbonyl (C=O) groups excluding carboxylic acids is 1. The normalized spacial score (nSPS) is 15.8. The first-order chi connectivity index (χ1) is 14.0. The van der Waals surface area contributed by atoms with Gasteiger partial charge in [0.05, 0.1) is 17.0 Å². The quantitative estimate of drug-likeness (QED) is 0.740. The smallest absolute Gasteiger partial charge is 0.369 e. The Kier molecular flexibility index (Phi) is 6.34. The molecule has 1 aliphatic rings. The maximum atomic E-state index is 12.9. The standard InChI is InChI=1S/C19H21F3N4O3S/c20-19(21,22)14-3-1-5-16(11-14)26-9-7-25(8-10-26)13-18(27)24-15-4-2-6-17(12-15)30(23,28)29/h1-6,11-12H,7-10,13H2,(H,24,27)(H2,23,28,29). The fraction of sp³-hybridized carbons (Fsp3) is 0.316. The number of piperazine rings is 1. The van der Waals surface area contributed by atoms with Crippen molar-refractivity contribution in [3.05, 3.63) is 54.1 Å². The molecule has 2 aromatic carbocycles. The number of halogens is 3. The van der Waals surface area contributed by atoms with E-state index in [-0.39, 0.29) is 17.3 Å². The summed E-state index contributed by atoms with van der Waals surface area (Å²) < 4.78 is 61.5. The average Bonchev–Trinajstić information content (AvgIpc) is 2.67. The number of carbonyl (C=O) groups is 1. The van der Waals surface area contributed by atoms with E-state index in [0.29, 0.717) is 37.6 Å². The zero-order chi connectivity index (χ0) is 21.9. The van der Waals surface area contributed by atoms with Crippen LogP contribution in [0, 0.1) is 0 Å². The van der Waals surface area contributed by atoms with Gasteiger partial charge in [-0.2, -0.15) is 13.2 Å². The van der Waals surface area contributed by atoms with E-state index in [1.54, 1.807) is 12.1 Å². The van der Waals surface area contributed by atoms with E-state index < -0.39 is 21.8 Å². The highest BCUT2D eigenvalue weighted by Crippen LogP contribution is 2.31. The lowest BCUT2D eigenvalue weighted by molar-refractivity contribution is -0.137. The number of sulfonamides is 1. The monoisotopic (exact) mass is 442 g/mol. The highest BCUT2D eigenvalue weighted by molar-refractivity contribution is 7.89. The van der Waals surface area contributed by atoms with E-state index in [9.17, 15) is 26.4 Å². The number of primary sulfonamides is 1. The fourth-order valence-electron chi connectivity index (χ4n) is 3.20. The van der Waals surface area contributed by atoms with Crippen LogP contribution in [0.15, 0.2) is 53.4 Å². The van der Waals surface area contributed by atoms with Crippen LogP contribution in [-0.4, -0.2) is 51.9 Å². The van der Waals surface area contributed by atoms with Gasteiger partial charge in [0.15, 0.2) is 0 Å². The Morgan fingerprint density at radius 1 is 1.03 bits per heavy atom. The van der Waals surface area contributed by atoms with Gasteiger partial charge in [0.1, 0.15) is 0 Å². The molecule has 2 aromatic rings. The van der Waals surface area contributed by atoms with Gasteiger partial charge < -0.3 is 10.2 Å². The largest absolute Gasteiger partial charge is 0.416 e. The summed E-state index contributed by atoms with van der Waals surface area (Å²) in [6, 6.07) is 10.8. The van der Waals surface area contributed by atoms with Crippen LogP contribution in [-0.2, 0) is 21.0 Å². The number of amides is 1. The summed E-state index contributed by atoms with van der Waals surface area (Å²) in [4.78, 5) is 15.9. The van der Waals surface area contributed by atoms with Crippen molar-refractivity contribution in [1.82, 2.24) is 4.90 Å². The minimum atomic E-state index is -4.39. The van der Waals surface area contributed by atoms with E-state index in [4.69, 9.17) is 5.14 Å². The number of anilines is 2. The molecule has 0 spiro atoms. The number of hydrogen-bond donors (Lipinski definition) is 2. The van der Waals surface area contributed by atoms with Crippen LogP contribution in [0.1, 0.15) is 5.56 Å². The second kappa shape index (κ2) is 8.62. The Hall–Kier alpha value is -2.63. The third kappa shape index (κ3) is 5.71. The number of alkyl halides is 3. The second-order valence-corrected chi connectivity index (χ2v) is 8.49. The molecule has 1 fully saturated rings. The first kappa shape index (κ1) is 22.1. The molecule has 0 atom stereocenters. The summed E-state index contributed by atoms with van der Waals surface area (Å²) in [5, 5.41) is 7.71. The van der Waals surface area contributed by atoms with Crippen molar-refractivity contribution in [1.29, 1.82) is 0 Å². The molecule has 7 nitrogen and oxygen atoms in total. The lowest BCUT2D eigenvalue weighted by Crippen LogP contribution is -2.48.